The first-order valence-electron chi connectivity index (χ1n) is 5.71. The predicted octanol–water partition coefficient (Wildman–Crippen LogP) is 2.06. The topological polar surface area (TPSA) is 58.1 Å². The zero-order valence-electron chi connectivity index (χ0n) is 9.74. The number of rotatable bonds is 3. The van der Waals surface area contributed by atoms with Crippen LogP contribution in [0.5, 0.6) is 0 Å². The largest absolute Gasteiger partial charge is 0.302 e. The molecule has 1 aliphatic rings. The average Bonchev–Trinajstić information content (AvgIpc) is 2.30. The van der Waals surface area contributed by atoms with Crippen LogP contribution >= 0.6 is 11.6 Å². The summed E-state index contributed by atoms with van der Waals surface area (Å²) in [6.45, 7) is 3.67. The van der Waals surface area contributed by atoms with E-state index in [0.717, 1.165) is 25.9 Å². The molecule has 0 saturated carbocycles. The lowest BCUT2D eigenvalue weighted by atomic mass is 10.2. The van der Waals surface area contributed by atoms with E-state index >= 15 is 0 Å². The molecule has 1 fully saturated rings. The van der Waals surface area contributed by atoms with Crippen LogP contribution in [0.25, 0.3) is 0 Å². The molecule has 2 rings (SSSR count). The Hall–Kier alpha value is -1.20. The van der Waals surface area contributed by atoms with Crippen molar-refractivity contribution in [3.8, 4) is 0 Å². The maximum atomic E-state index is 11.0. The highest BCUT2D eigenvalue weighted by Gasteiger charge is 2.15. The fourth-order valence-electron chi connectivity index (χ4n) is 1.89. The summed E-state index contributed by atoms with van der Waals surface area (Å²) in [6, 6.07) is 0. The predicted molar refractivity (Wildman–Crippen MR) is 66.2 cm³/mol. The average molecular weight is 255 g/mol. The van der Waals surface area contributed by atoms with E-state index in [4.69, 9.17) is 11.6 Å². The van der Waals surface area contributed by atoms with Crippen molar-refractivity contribution in [3.63, 3.8) is 0 Å². The van der Waals surface area contributed by atoms with E-state index < -0.39 is 0 Å². The minimum absolute atomic E-state index is 0.201. The third kappa shape index (κ3) is 2.92. The van der Waals surface area contributed by atoms with Crippen LogP contribution in [0.15, 0.2) is 0 Å². The van der Waals surface area contributed by atoms with Gasteiger partial charge in [-0.1, -0.05) is 18.0 Å². The van der Waals surface area contributed by atoms with E-state index in [-0.39, 0.29) is 5.15 Å². The number of nitrogens with one attached hydrogen (secondary N) is 1. The van der Waals surface area contributed by atoms with Crippen molar-refractivity contribution >= 4 is 23.7 Å². The summed E-state index contributed by atoms with van der Waals surface area (Å²) < 4.78 is 0. The highest BCUT2D eigenvalue weighted by Crippen LogP contribution is 2.20. The molecule has 1 aromatic heterocycles. The van der Waals surface area contributed by atoms with Crippen molar-refractivity contribution in [1.82, 2.24) is 15.0 Å². The molecule has 0 atom stereocenters. The minimum Gasteiger partial charge on any atom is -0.302 e. The van der Waals surface area contributed by atoms with E-state index in [2.05, 4.69) is 20.4 Å². The lowest BCUT2D eigenvalue weighted by molar-refractivity contribution is 0.112. The third-order valence-electron chi connectivity index (χ3n) is 2.75. The van der Waals surface area contributed by atoms with Gasteiger partial charge >= 0.3 is 0 Å². The standard InChI is InChI=1S/C11H15ClN4O/c1-8-13-10(12)9(7-17)11(14-8)15-16-5-3-2-4-6-16/h7H,2-6H2,1H3,(H,13,14,15). The number of halogens is 1. The maximum Gasteiger partial charge on any atom is 0.156 e. The molecule has 92 valence electrons. The summed E-state index contributed by atoms with van der Waals surface area (Å²) in [6.07, 6.45) is 4.25. The van der Waals surface area contributed by atoms with Crippen molar-refractivity contribution in [3.05, 3.63) is 16.5 Å². The number of carbonyl (C=O) groups is 1. The molecule has 0 amide bonds. The zero-order valence-corrected chi connectivity index (χ0v) is 10.5. The number of aryl methyl sites for hydroxylation is 1. The Bertz CT molecular complexity index is 418. The van der Waals surface area contributed by atoms with Gasteiger partial charge in [0.15, 0.2) is 12.1 Å². The molecule has 0 bridgehead atoms. The van der Waals surface area contributed by atoms with Crippen LogP contribution in [-0.4, -0.2) is 34.4 Å². The summed E-state index contributed by atoms with van der Waals surface area (Å²) in [5, 5.41) is 2.27. The Kier molecular flexibility index (Phi) is 3.91. The summed E-state index contributed by atoms with van der Waals surface area (Å²) >= 11 is 5.91. The fraction of sp³-hybridized carbons (Fsp3) is 0.545. The number of aldehydes is 1. The Balaban J connectivity index is 2.21. The molecule has 1 N–H and O–H groups in total. The Morgan fingerprint density at radius 3 is 2.65 bits per heavy atom. The first kappa shape index (κ1) is 12.3. The van der Waals surface area contributed by atoms with Gasteiger partial charge in [-0.25, -0.2) is 15.0 Å². The molecule has 6 heteroatoms. The molecule has 0 aliphatic carbocycles. The van der Waals surface area contributed by atoms with E-state index in [1.807, 2.05) is 0 Å². The van der Waals surface area contributed by atoms with Gasteiger partial charge in [-0.15, -0.1) is 0 Å². The van der Waals surface area contributed by atoms with E-state index in [1.54, 1.807) is 6.92 Å². The number of hydrogen-bond donors (Lipinski definition) is 1. The second kappa shape index (κ2) is 5.42. The molecule has 1 saturated heterocycles. The van der Waals surface area contributed by atoms with Gasteiger partial charge in [0, 0.05) is 13.1 Å². The van der Waals surface area contributed by atoms with Gasteiger partial charge in [0.2, 0.25) is 0 Å². The maximum absolute atomic E-state index is 11.0. The number of anilines is 1. The zero-order chi connectivity index (χ0) is 12.3. The van der Waals surface area contributed by atoms with Crippen molar-refractivity contribution in [2.45, 2.75) is 26.2 Å². The van der Waals surface area contributed by atoms with Crippen LogP contribution in [0.1, 0.15) is 35.4 Å². The second-order valence-electron chi connectivity index (χ2n) is 4.10. The summed E-state index contributed by atoms with van der Waals surface area (Å²) in [5.41, 5.74) is 3.47. The summed E-state index contributed by atoms with van der Waals surface area (Å²) in [4.78, 5) is 19.2. The number of piperidine rings is 1. The Morgan fingerprint density at radius 2 is 2.00 bits per heavy atom. The van der Waals surface area contributed by atoms with Gasteiger partial charge < -0.3 is 5.43 Å². The minimum atomic E-state index is 0.201. The highest BCUT2D eigenvalue weighted by molar-refractivity contribution is 6.32. The van der Waals surface area contributed by atoms with Crippen LogP contribution in [0.4, 0.5) is 5.82 Å². The van der Waals surface area contributed by atoms with Crippen molar-refractivity contribution in [2.24, 2.45) is 0 Å². The van der Waals surface area contributed by atoms with Gasteiger partial charge in [-0.3, -0.25) is 4.79 Å². The second-order valence-corrected chi connectivity index (χ2v) is 4.46. The van der Waals surface area contributed by atoms with Crippen molar-refractivity contribution in [1.29, 1.82) is 0 Å². The number of nitrogens with zero attached hydrogens (tertiary/aromatic N) is 3. The van der Waals surface area contributed by atoms with Crippen LogP contribution in [0.3, 0.4) is 0 Å². The number of hydrazine groups is 1. The van der Waals surface area contributed by atoms with Crippen LogP contribution in [0.2, 0.25) is 5.15 Å². The highest BCUT2D eigenvalue weighted by atomic mass is 35.5. The number of carbonyl (C=O) groups excluding carboxylic acids is 1. The van der Waals surface area contributed by atoms with Gasteiger partial charge in [0.25, 0.3) is 0 Å². The molecule has 1 aromatic rings. The lowest BCUT2D eigenvalue weighted by Gasteiger charge is -2.27. The number of hydrogen-bond acceptors (Lipinski definition) is 5. The third-order valence-corrected chi connectivity index (χ3v) is 3.04. The molecular weight excluding hydrogens is 240 g/mol. The van der Waals surface area contributed by atoms with Crippen LogP contribution < -0.4 is 5.43 Å². The first-order chi connectivity index (χ1) is 8.20. The van der Waals surface area contributed by atoms with E-state index in [0.29, 0.717) is 23.5 Å². The normalized spacial score (nSPS) is 16.8. The molecule has 0 unspecified atom stereocenters. The van der Waals surface area contributed by atoms with Crippen LogP contribution in [0, 0.1) is 6.92 Å². The molecule has 0 radical (unpaired) electrons. The summed E-state index contributed by atoms with van der Waals surface area (Å²) in [7, 11) is 0. The van der Waals surface area contributed by atoms with E-state index in [9.17, 15) is 4.79 Å². The van der Waals surface area contributed by atoms with Crippen molar-refractivity contribution in [2.75, 3.05) is 18.5 Å². The first-order valence-corrected chi connectivity index (χ1v) is 6.09. The van der Waals surface area contributed by atoms with Gasteiger partial charge in [-0.2, -0.15) is 0 Å². The smallest absolute Gasteiger partial charge is 0.156 e. The SMILES string of the molecule is Cc1nc(Cl)c(C=O)c(NN2CCCCC2)n1. The molecule has 5 nitrogen and oxygen atoms in total. The quantitative estimate of drug-likeness (QED) is 0.661. The molecule has 0 aromatic carbocycles. The Morgan fingerprint density at radius 1 is 1.29 bits per heavy atom. The van der Waals surface area contributed by atoms with Crippen LogP contribution in [-0.2, 0) is 0 Å². The molecule has 1 aliphatic heterocycles. The fourth-order valence-corrected chi connectivity index (χ4v) is 2.15. The molecule has 2 heterocycles. The lowest BCUT2D eigenvalue weighted by Crippen LogP contribution is -2.35. The van der Waals surface area contributed by atoms with E-state index in [1.165, 1.54) is 6.42 Å². The van der Waals surface area contributed by atoms with Gasteiger partial charge in [-0.05, 0) is 19.8 Å². The van der Waals surface area contributed by atoms with Gasteiger partial charge in [0.1, 0.15) is 11.0 Å². The number of aromatic nitrogens is 2. The Labute approximate surface area is 105 Å². The van der Waals surface area contributed by atoms with Crippen molar-refractivity contribution < 1.29 is 4.79 Å². The van der Waals surface area contributed by atoms with Gasteiger partial charge in [0.05, 0.1) is 5.56 Å². The molecule has 17 heavy (non-hydrogen) atoms. The summed E-state index contributed by atoms with van der Waals surface area (Å²) in [5.74, 6) is 1.06. The molecular formula is C11H15ClN4O. The monoisotopic (exact) mass is 254 g/mol. The molecule has 0 spiro atoms.